The topological polar surface area (TPSA) is 123 Å². The van der Waals surface area contributed by atoms with Crippen LogP contribution >= 0.6 is 0 Å². The van der Waals surface area contributed by atoms with Crippen molar-refractivity contribution in [2.45, 2.75) is 11.8 Å². The van der Waals surface area contributed by atoms with Gasteiger partial charge in [-0.15, -0.1) is 0 Å². The van der Waals surface area contributed by atoms with Gasteiger partial charge in [-0.1, -0.05) is 5.16 Å². The molecule has 1 aliphatic heterocycles. The summed E-state index contributed by atoms with van der Waals surface area (Å²) in [7, 11) is -3.78. The molecule has 0 radical (unpaired) electrons. The smallest absolute Gasteiger partial charge is 0.246 e. The highest BCUT2D eigenvalue weighted by atomic mass is 32.2. The second-order valence-corrected chi connectivity index (χ2v) is 9.40. The zero-order valence-corrected chi connectivity index (χ0v) is 19.1. The molecule has 180 valence electrons. The van der Waals surface area contributed by atoms with Gasteiger partial charge in [0, 0.05) is 19.2 Å². The lowest BCUT2D eigenvalue weighted by atomic mass is 10.2. The largest absolute Gasteiger partial charge is 0.455 e. The fourth-order valence-corrected chi connectivity index (χ4v) is 4.68. The summed E-state index contributed by atoms with van der Waals surface area (Å²) in [5.41, 5.74) is 0.877. The molecule has 10 nitrogen and oxygen atoms in total. The van der Waals surface area contributed by atoms with E-state index in [1.807, 2.05) is 0 Å². The van der Waals surface area contributed by atoms with Crippen molar-refractivity contribution in [3.05, 3.63) is 60.0 Å². The van der Waals surface area contributed by atoms with Gasteiger partial charge in [0.2, 0.25) is 21.8 Å². The Morgan fingerprint density at radius 3 is 2.56 bits per heavy atom. The van der Waals surface area contributed by atoms with Gasteiger partial charge in [-0.2, -0.15) is 4.31 Å². The Morgan fingerprint density at radius 1 is 1.15 bits per heavy atom. The molecule has 1 aliphatic rings. The summed E-state index contributed by atoms with van der Waals surface area (Å²) in [6, 6.07) is 11.2. The standard InChI is InChI=1S/C22H23FN4O6S/c1-15-12-22(33-26-15)25-21(28)14-24-19-13-18(34(29,30)27-8-10-31-11-9-27)6-7-20(19)32-17-4-2-16(23)3-5-17/h2-7,12-13,24H,8-11,14H2,1H3,(H,25,28). The monoisotopic (exact) mass is 490 g/mol. The van der Waals surface area contributed by atoms with Gasteiger partial charge >= 0.3 is 0 Å². The fourth-order valence-electron chi connectivity index (χ4n) is 3.24. The number of sulfonamides is 1. The molecular formula is C22H23FN4O6S. The summed E-state index contributed by atoms with van der Waals surface area (Å²) in [5, 5.41) is 9.16. The molecule has 3 aromatic rings. The van der Waals surface area contributed by atoms with E-state index in [4.69, 9.17) is 14.0 Å². The van der Waals surface area contributed by atoms with E-state index in [0.717, 1.165) is 0 Å². The van der Waals surface area contributed by atoms with Crippen LogP contribution in [0.5, 0.6) is 11.5 Å². The predicted molar refractivity (Wildman–Crippen MR) is 121 cm³/mol. The first-order chi connectivity index (χ1) is 16.3. The second-order valence-electron chi connectivity index (χ2n) is 7.46. The van der Waals surface area contributed by atoms with Crippen molar-refractivity contribution >= 4 is 27.5 Å². The number of morpholine rings is 1. The molecule has 0 aliphatic carbocycles. The Labute approximate surface area is 195 Å². The van der Waals surface area contributed by atoms with Crippen molar-refractivity contribution in [3.63, 3.8) is 0 Å². The fraction of sp³-hybridized carbons (Fsp3) is 0.273. The third-order valence-corrected chi connectivity index (χ3v) is 6.82. The predicted octanol–water partition coefficient (Wildman–Crippen LogP) is 2.99. The van der Waals surface area contributed by atoms with Crippen LogP contribution in [0.25, 0.3) is 0 Å². The number of nitrogens with zero attached hydrogens (tertiary/aromatic N) is 2. The molecule has 1 saturated heterocycles. The zero-order valence-electron chi connectivity index (χ0n) is 18.3. The second kappa shape index (κ2) is 10.2. The molecule has 2 N–H and O–H groups in total. The number of hydrogen-bond acceptors (Lipinski definition) is 8. The minimum absolute atomic E-state index is 0.0367. The molecule has 0 saturated carbocycles. The average molecular weight is 491 g/mol. The van der Waals surface area contributed by atoms with Gasteiger partial charge in [0.25, 0.3) is 0 Å². The Bertz CT molecular complexity index is 1260. The van der Waals surface area contributed by atoms with Gasteiger partial charge in [-0.05, 0) is 49.4 Å². The van der Waals surface area contributed by atoms with Gasteiger partial charge in [-0.25, -0.2) is 12.8 Å². The Morgan fingerprint density at radius 2 is 1.88 bits per heavy atom. The number of nitrogens with one attached hydrogen (secondary N) is 2. The summed E-state index contributed by atoms with van der Waals surface area (Å²) < 4.78 is 56.8. The summed E-state index contributed by atoms with van der Waals surface area (Å²) in [5.74, 6) is -0.0660. The molecule has 2 heterocycles. The third kappa shape index (κ3) is 5.71. The van der Waals surface area contributed by atoms with Gasteiger partial charge in [0.05, 0.1) is 36.0 Å². The van der Waals surface area contributed by atoms with E-state index in [0.29, 0.717) is 24.7 Å². The van der Waals surface area contributed by atoms with Crippen LogP contribution in [0.2, 0.25) is 0 Å². The number of hydrogen-bond donors (Lipinski definition) is 2. The molecule has 0 atom stereocenters. The van der Waals surface area contributed by atoms with Gasteiger partial charge < -0.3 is 19.3 Å². The Balaban J connectivity index is 1.57. The maximum absolute atomic E-state index is 13.3. The third-order valence-electron chi connectivity index (χ3n) is 4.93. The SMILES string of the molecule is Cc1cc(NC(=O)CNc2cc(S(=O)(=O)N3CCOCC3)ccc2Oc2ccc(F)cc2)on1. The number of anilines is 2. The van der Waals surface area contributed by atoms with Crippen molar-refractivity contribution in [2.24, 2.45) is 0 Å². The molecule has 4 rings (SSSR count). The zero-order chi connectivity index (χ0) is 24.1. The van der Waals surface area contributed by atoms with Crippen molar-refractivity contribution in [2.75, 3.05) is 43.5 Å². The van der Waals surface area contributed by atoms with Crippen LogP contribution in [0.15, 0.2) is 57.9 Å². The van der Waals surface area contributed by atoms with E-state index in [1.165, 1.54) is 46.8 Å². The van der Waals surface area contributed by atoms with Crippen LogP contribution < -0.4 is 15.4 Å². The van der Waals surface area contributed by atoms with E-state index in [-0.39, 0.29) is 41.9 Å². The number of benzene rings is 2. The molecular weight excluding hydrogens is 467 g/mol. The lowest BCUT2D eigenvalue weighted by molar-refractivity contribution is -0.114. The highest BCUT2D eigenvalue weighted by Crippen LogP contribution is 2.33. The molecule has 0 spiro atoms. The normalized spacial score (nSPS) is 14.5. The first kappa shape index (κ1) is 23.7. The first-order valence-corrected chi connectivity index (χ1v) is 11.9. The molecule has 12 heteroatoms. The summed E-state index contributed by atoms with van der Waals surface area (Å²) in [6.07, 6.45) is 0. The van der Waals surface area contributed by atoms with Crippen LogP contribution in [0.4, 0.5) is 16.0 Å². The first-order valence-electron chi connectivity index (χ1n) is 10.4. The molecule has 2 aromatic carbocycles. The van der Waals surface area contributed by atoms with Crippen molar-refractivity contribution < 1.29 is 31.6 Å². The van der Waals surface area contributed by atoms with Crippen LogP contribution in [0.3, 0.4) is 0 Å². The lowest BCUT2D eigenvalue weighted by Gasteiger charge is -2.26. The van der Waals surface area contributed by atoms with Gasteiger partial charge in [0.1, 0.15) is 11.6 Å². The molecule has 1 amide bonds. The number of halogens is 1. The lowest BCUT2D eigenvalue weighted by Crippen LogP contribution is -2.40. The average Bonchev–Trinajstić information content (AvgIpc) is 3.24. The van der Waals surface area contributed by atoms with E-state index in [2.05, 4.69) is 15.8 Å². The van der Waals surface area contributed by atoms with Crippen molar-refractivity contribution in [1.82, 2.24) is 9.46 Å². The maximum atomic E-state index is 13.3. The number of ether oxygens (including phenoxy) is 2. The number of aromatic nitrogens is 1. The quantitative estimate of drug-likeness (QED) is 0.494. The maximum Gasteiger partial charge on any atom is 0.246 e. The van der Waals surface area contributed by atoms with Gasteiger partial charge in [0.15, 0.2) is 5.75 Å². The summed E-state index contributed by atoms with van der Waals surface area (Å²) >= 11 is 0. The minimum atomic E-state index is -3.78. The van der Waals surface area contributed by atoms with Crippen LogP contribution in [-0.4, -0.2) is 56.6 Å². The molecule has 1 fully saturated rings. The van der Waals surface area contributed by atoms with Crippen LogP contribution in [-0.2, 0) is 19.6 Å². The highest BCUT2D eigenvalue weighted by Gasteiger charge is 2.27. The highest BCUT2D eigenvalue weighted by molar-refractivity contribution is 7.89. The van der Waals surface area contributed by atoms with E-state index in [1.54, 1.807) is 13.0 Å². The Hall–Kier alpha value is -3.48. The van der Waals surface area contributed by atoms with E-state index < -0.39 is 21.7 Å². The number of carbonyl (C=O) groups is 1. The van der Waals surface area contributed by atoms with Gasteiger partial charge in [-0.3, -0.25) is 10.1 Å². The number of aryl methyl sites for hydroxylation is 1. The number of amides is 1. The molecule has 0 unspecified atom stereocenters. The van der Waals surface area contributed by atoms with Crippen molar-refractivity contribution in [3.8, 4) is 11.5 Å². The van der Waals surface area contributed by atoms with Crippen LogP contribution in [0, 0.1) is 12.7 Å². The molecule has 0 bridgehead atoms. The number of rotatable bonds is 8. The summed E-state index contributed by atoms with van der Waals surface area (Å²) in [6.45, 7) is 2.64. The van der Waals surface area contributed by atoms with Crippen LogP contribution in [0.1, 0.15) is 5.69 Å². The van der Waals surface area contributed by atoms with E-state index in [9.17, 15) is 17.6 Å². The summed E-state index contributed by atoms with van der Waals surface area (Å²) in [4.78, 5) is 12.4. The van der Waals surface area contributed by atoms with E-state index >= 15 is 0 Å². The number of carbonyl (C=O) groups excluding carboxylic acids is 1. The Kier molecular flexibility index (Phi) is 7.10. The van der Waals surface area contributed by atoms with Crippen molar-refractivity contribution in [1.29, 1.82) is 0 Å². The minimum Gasteiger partial charge on any atom is -0.455 e. The molecule has 1 aromatic heterocycles. The molecule has 34 heavy (non-hydrogen) atoms.